The van der Waals surface area contributed by atoms with Crippen molar-refractivity contribution in [1.29, 1.82) is 0 Å². The fourth-order valence-electron chi connectivity index (χ4n) is 1.53. The van der Waals surface area contributed by atoms with Gasteiger partial charge in [0.1, 0.15) is 5.60 Å². The van der Waals surface area contributed by atoms with Crippen molar-refractivity contribution < 1.29 is 14.6 Å². The lowest BCUT2D eigenvalue weighted by Gasteiger charge is -2.27. The van der Waals surface area contributed by atoms with Gasteiger partial charge >= 0.3 is 6.09 Å². The van der Waals surface area contributed by atoms with Gasteiger partial charge < -0.3 is 15.2 Å². The Morgan fingerprint density at radius 1 is 1.29 bits per heavy atom. The van der Waals surface area contributed by atoms with Crippen LogP contribution >= 0.6 is 0 Å². The molecule has 0 bridgehead atoms. The second kappa shape index (κ2) is 6.84. The number of carbonyl (C=O) groups excluding carboxylic acids is 1. The lowest BCUT2D eigenvalue weighted by Crippen LogP contribution is -2.44. The molecule has 4 heteroatoms. The van der Waals surface area contributed by atoms with E-state index in [0.29, 0.717) is 5.92 Å². The Kier molecular flexibility index (Phi) is 6.53. The van der Waals surface area contributed by atoms with Crippen molar-refractivity contribution in [3.8, 4) is 0 Å². The summed E-state index contributed by atoms with van der Waals surface area (Å²) >= 11 is 0. The summed E-state index contributed by atoms with van der Waals surface area (Å²) in [6.45, 7) is 11.7. The number of amides is 1. The topological polar surface area (TPSA) is 58.6 Å². The minimum Gasteiger partial charge on any atom is -0.444 e. The molecule has 17 heavy (non-hydrogen) atoms. The molecular weight excluding hydrogens is 218 g/mol. The van der Waals surface area contributed by atoms with E-state index in [1.807, 2.05) is 27.7 Å². The molecule has 0 saturated heterocycles. The minimum absolute atomic E-state index is 0.0323. The molecule has 0 saturated carbocycles. The summed E-state index contributed by atoms with van der Waals surface area (Å²) < 4.78 is 5.21. The second-order valence-corrected chi connectivity index (χ2v) is 6.04. The van der Waals surface area contributed by atoms with Crippen molar-refractivity contribution in [3.63, 3.8) is 0 Å². The molecule has 0 aliphatic carbocycles. The van der Waals surface area contributed by atoms with Gasteiger partial charge in [0, 0.05) is 12.6 Å². The first kappa shape index (κ1) is 16.2. The molecule has 0 fully saturated rings. The van der Waals surface area contributed by atoms with E-state index in [-0.39, 0.29) is 18.6 Å². The molecule has 0 spiro atoms. The van der Waals surface area contributed by atoms with Crippen LogP contribution in [0.2, 0.25) is 0 Å². The molecule has 1 amide bonds. The van der Waals surface area contributed by atoms with E-state index in [1.54, 1.807) is 0 Å². The Bertz CT molecular complexity index is 233. The number of ether oxygens (including phenoxy) is 1. The Hall–Kier alpha value is -0.770. The van der Waals surface area contributed by atoms with Gasteiger partial charge in [-0.3, -0.25) is 0 Å². The van der Waals surface area contributed by atoms with Crippen LogP contribution in [0.25, 0.3) is 0 Å². The van der Waals surface area contributed by atoms with Gasteiger partial charge in [-0.2, -0.15) is 0 Å². The molecule has 2 atom stereocenters. The third kappa shape index (κ3) is 8.02. The zero-order chi connectivity index (χ0) is 13.6. The molecule has 102 valence electrons. The largest absolute Gasteiger partial charge is 0.444 e. The number of nitrogens with one attached hydrogen (secondary N) is 1. The van der Waals surface area contributed by atoms with E-state index in [2.05, 4.69) is 19.2 Å². The van der Waals surface area contributed by atoms with Crippen LogP contribution in [0.3, 0.4) is 0 Å². The fraction of sp³-hybridized carbons (Fsp3) is 0.923. The summed E-state index contributed by atoms with van der Waals surface area (Å²) in [5.41, 5.74) is -0.491. The predicted octanol–water partition coefficient (Wildman–Crippen LogP) is 2.55. The van der Waals surface area contributed by atoms with E-state index in [9.17, 15) is 9.90 Å². The van der Waals surface area contributed by atoms with E-state index in [4.69, 9.17) is 4.74 Å². The fourth-order valence-corrected chi connectivity index (χ4v) is 1.53. The maximum Gasteiger partial charge on any atom is 0.407 e. The van der Waals surface area contributed by atoms with Crippen molar-refractivity contribution in [2.75, 3.05) is 6.61 Å². The molecule has 0 unspecified atom stereocenters. The van der Waals surface area contributed by atoms with Gasteiger partial charge in [0.2, 0.25) is 0 Å². The molecular formula is C13H27NO3. The summed E-state index contributed by atoms with van der Waals surface area (Å²) in [6.07, 6.45) is 0.421. The van der Waals surface area contributed by atoms with Gasteiger partial charge in [0.05, 0.1) is 0 Å². The molecule has 4 nitrogen and oxygen atoms in total. The monoisotopic (exact) mass is 245 g/mol. The summed E-state index contributed by atoms with van der Waals surface area (Å²) in [7, 11) is 0. The van der Waals surface area contributed by atoms with E-state index < -0.39 is 11.7 Å². The van der Waals surface area contributed by atoms with Crippen LogP contribution in [0.1, 0.15) is 48.0 Å². The van der Waals surface area contributed by atoms with Crippen molar-refractivity contribution >= 4 is 6.09 Å². The zero-order valence-corrected chi connectivity index (χ0v) is 11.9. The van der Waals surface area contributed by atoms with Crippen molar-refractivity contribution in [2.45, 2.75) is 59.6 Å². The van der Waals surface area contributed by atoms with Gasteiger partial charge in [-0.15, -0.1) is 0 Å². The van der Waals surface area contributed by atoms with Crippen LogP contribution in [-0.2, 0) is 4.74 Å². The van der Waals surface area contributed by atoms with Crippen LogP contribution in [0.15, 0.2) is 0 Å². The SMILES string of the molecule is CC(C)C[C@@H](NC(=O)OC(C)(C)C)[C@@H](C)CO. The number of aliphatic hydroxyl groups is 1. The van der Waals surface area contributed by atoms with Crippen LogP contribution in [-0.4, -0.2) is 29.4 Å². The number of hydrogen-bond donors (Lipinski definition) is 2. The first-order valence-corrected chi connectivity index (χ1v) is 6.26. The molecule has 0 aliphatic rings. The zero-order valence-electron chi connectivity index (χ0n) is 11.9. The van der Waals surface area contributed by atoms with E-state index in [1.165, 1.54) is 0 Å². The average molecular weight is 245 g/mol. The summed E-state index contributed by atoms with van der Waals surface area (Å²) in [5.74, 6) is 0.494. The quantitative estimate of drug-likeness (QED) is 0.782. The summed E-state index contributed by atoms with van der Waals surface area (Å²) in [5, 5.41) is 12.0. The number of hydrogen-bond acceptors (Lipinski definition) is 3. The highest BCUT2D eigenvalue weighted by molar-refractivity contribution is 5.68. The summed E-state index contributed by atoms with van der Waals surface area (Å²) in [6, 6.07) is -0.0464. The molecule has 0 heterocycles. The van der Waals surface area contributed by atoms with Crippen molar-refractivity contribution in [3.05, 3.63) is 0 Å². The Morgan fingerprint density at radius 2 is 1.82 bits per heavy atom. The first-order chi connectivity index (χ1) is 7.65. The van der Waals surface area contributed by atoms with Crippen LogP contribution in [0.4, 0.5) is 4.79 Å². The molecule has 0 aromatic heterocycles. The lowest BCUT2D eigenvalue weighted by molar-refractivity contribution is 0.0466. The third-order valence-corrected chi connectivity index (χ3v) is 2.40. The molecule has 0 aromatic rings. The smallest absolute Gasteiger partial charge is 0.407 e. The number of rotatable bonds is 5. The molecule has 0 aliphatic heterocycles. The Morgan fingerprint density at radius 3 is 2.18 bits per heavy atom. The highest BCUT2D eigenvalue weighted by atomic mass is 16.6. The molecule has 0 rings (SSSR count). The predicted molar refractivity (Wildman–Crippen MR) is 68.9 cm³/mol. The number of aliphatic hydroxyl groups excluding tert-OH is 1. The van der Waals surface area contributed by atoms with E-state index in [0.717, 1.165) is 6.42 Å². The highest BCUT2D eigenvalue weighted by Crippen LogP contribution is 2.14. The van der Waals surface area contributed by atoms with Gasteiger partial charge in [0.25, 0.3) is 0 Å². The third-order valence-electron chi connectivity index (χ3n) is 2.40. The van der Waals surface area contributed by atoms with Crippen molar-refractivity contribution in [2.24, 2.45) is 11.8 Å². The Labute approximate surface area is 105 Å². The standard InChI is InChI=1S/C13H27NO3/c1-9(2)7-11(10(3)8-15)14-12(16)17-13(4,5)6/h9-11,15H,7-8H2,1-6H3,(H,14,16)/t10-,11+/m0/s1. The Balaban J connectivity index is 4.37. The average Bonchev–Trinajstić information content (AvgIpc) is 2.11. The molecule has 2 N–H and O–H groups in total. The maximum absolute atomic E-state index is 11.7. The normalized spacial score (nSPS) is 15.5. The van der Waals surface area contributed by atoms with Crippen LogP contribution < -0.4 is 5.32 Å². The van der Waals surface area contributed by atoms with Crippen LogP contribution in [0, 0.1) is 11.8 Å². The number of alkyl carbamates (subject to hydrolysis) is 1. The van der Waals surface area contributed by atoms with E-state index >= 15 is 0 Å². The summed E-state index contributed by atoms with van der Waals surface area (Å²) in [4.78, 5) is 11.7. The first-order valence-electron chi connectivity index (χ1n) is 6.26. The lowest BCUT2D eigenvalue weighted by atomic mass is 9.94. The van der Waals surface area contributed by atoms with Gasteiger partial charge in [-0.1, -0.05) is 20.8 Å². The maximum atomic E-state index is 11.7. The van der Waals surface area contributed by atoms with Gasteiger partial charge in [0.15, 0.2) is 0 Å². The minimum atomic E-state index is -0.491. The van der Waals surface area contributed by atoms with Crippen molar-refractivity contribution in [1.82, 2.24) is 5.32 Å². The van der Waals surface area contributed by atoms with Gasteiger partial charge in [-0.25, -0.2) is 4.79 Å². The number of carbonyl (C=O) groups is 1. The molecule has 0 aromatic carbocycles. The molecule has 0 radical (unpaired) electrons. The highest BCUT2D eigenvalue weighted by Gasteiger charge is 2.23. The van der Waals surface area contributed by atoms with Crippen LogP contribution in [0.5, 0.6) is 0 Å². The second-order valence-electron chi connectivity index (χ2n) is 6.04. The van der Waals surface area contributed by atoms with Gasteiger partial charge in [-0.05, 0) is 39.0 Å².